The number of carboxylic acid groups (broad SMARTS) is 1. The highest BCUT2D eigenvalue weighted by atomic mass is 16.4. The molecule has 2 aromatic rings. The number of aliphatic carboxylic acids is 1. The van der Waals surface area contributed by atoms with Crippen molar-refractivity contribution in [2.45, 2.75) is 70.3 Å². The first kappa shape index (κ1) is 30.5. The Morgan fingerprint density at radius 2 is 1.13 bits per heavy atom. The molecule has 0 saturated carbocycles. The molecule has 206 valence electrons. The van der Waals surface area contributed by atoms with Crippen molar-refractivity contribution in [3.05, 3.63) is 71.8 Å². The van der Waals surface area contributed by atoms with Gasteiger partial charge in [-0.1, -0.05) is 74.5 Å². The zero-order valence-corrected chi connectivity index (χ0v) is 22.0. The largest absolute Gasteiger partial charge is 0.480 e. The number of nitrogens with one attached hydrogen (secondary N) is 3. The van der Waals surface area contributed by atoms with E-state index < -0.39 is 54.0 Å². The lowest BCUT2D eigenvalue weighted by Gasteiger charge is -2.26. The van der Waals surface area contributed by atoms with E-state index in [1.807, 2.05) is 26.0 Å². The van der Waals surface area contributed by atoms with Gasteiger partial charge >= 0.3 is 5.97 Å². The zero-order chi connectivity index (χ0) is 28.2. The van der Waals surface area contributed by atoms with Gasteiger partial charge in [0.1, 0.15) is 24.2 Å². The summed E-state index contributed by atoms with van der Waals surface area (Å²) in [6.07, 6.45) is -0.692. The topological polar surface area (TPSA) is 171 Å². The van der Waals surface area contributed by atoms with Crippen LogP contribution in [-0.4, -0.2) is 64.2 Å². The Morgan fingerprint density at radius 1 is 0.711 bits per heavy atom. The SMILES string of the molecule is CC(C)CC(NC(=O)C(Cc1ccccc1)NC(=O)C(N)C(C)O)C(=O)NC(Cc1ccccc1)C(=O)O. The monoisotopic (exact) mass is 526 g/mol. The van der Waals surface area contributed by atoms with Gasteiger partial charge in [0.2, 0.25) is 17.7 Å². The summed E-state index contributed by atoms with van der Waals surface area (Å²) < 4.78 is 0. The average Bonchev–Trinajstić information content (AvgIpc) is 2.87. The molecule has 0 bridgehead atoms. The highest BCUT2D eigenvalue weighted by molar-refractivity contribution is 5.94. The van der Waals surface area contributed by atoms with E-state index in [0.29, 0.717) is 0 Å². The van der Waals surface area contributed by atoms with E-state index in [2.05, 4.69) is 16.0 Å². The number of nitrogens with two attached hydrogens (primary N) is 1. The van der Waals surface area contributed by atoms with Crippen LogP contribution >= 0.6 is 0 Å². The van der Waals surface area contributed by atoms with Crippen molar-refractivity contribution in [3.63, 3.8) is 0 Å². The van der Waals surface area contributed by atoms with Crippen molar-refractivity contribution >= 4 is 23.7 Å². The molecule has 0 radical (unpaired) electrons. The van der Waals surface area contributed by atoms with Crippen molar-refractivity contribution in [2.24, 2.45) is 11.7 Å². The predicted molar refractivity (Wildman–Crippen MR) is 143 cm³/mol. The first-order valence-electron chi connectivity index (χ1n) is 12.6. The molecule has 7 N–H and O–H groups in total. The minimum atomic E-state index is -1.25. The number of benzene rings is 2. The second kappa shape index (κ2) is 14.8. The van der Waals surface area contributed by atoms with Crippen molar-refractivity contribution < 1.29 is 29.4 Å². The molecule has 0 aromatic heterocycles. The summed E-state index contributed by atoms with van der Waals surface area (Å²) in [4.78, 5) is 51.0. The van der Waals surface area contributed by atoms with Crippen LogP contribution in [0.15, 0.2) is 60.7 Å². The maximum Gasteiger partial charge on any atom is 0.326 e. The molecule has 2 aromatic carbocycles. The van der Waals surface area contributed by atoms with Crippen molar-refractivity contribution in [2.75, 3.05) is 0 Å². The lowest BCUT2D eigenvalue weighted by atomic mass is 9.99. The third-order valence-corrected chi connectivity index (χ3v) is 5.98. The van der Waals surface area contributed by atoms with Crippen molar-refractivity contribution in [3.8, 4) is 0 Å². The summed E-state index contributed by atoms with van der Waals surface area (Å²) in [6, 6.07) is 13.3. The van der Waals surface area contributed by atoms with Crippen molar-refractivity contribution in [1.29, 1.82) is 0 Å². The van der Waals surface area contributed by atoms with E-state index in [-0.39, 0.29) is 25.2 Å². The fraction of sp³-hybridized carbons (Fsp3) is 0.429. The van der Waals surface area contributed by atoms with E-state index in [9.17, 15) is 29.4 Å². The molecular formula is C28H38N4O6. The van der Waals surface area contributed by atoms with Crippen molar-refractivity contribution in [1.82, 2.24) is 16.0 Å². The van der Waals surface area contributed by atoms with E-state index >= 15 is 0 Å². The van der Waals surface area contributed by atoms with Crippen LogP contribution in [0.2, 0.25) is 0 Å². The highest BCUT2D eigenvalue weighted by Crippen LogP contribution is 2.10. The van der Waals surface area contributed by atoms with Crippen LogP contribution in [0.3, 0.4) is 0 Å². The number of aliphatic hydroxyl groups is 1. The summed E-state index contributed by atoms with van der Waals surface area (Å²) >= 11 is 0. The van der Waals surface area contributed by atoms with Gasteiger partial charge in [0, 0.05) is 12.8 Å². The van der Waals surface area contributed by atoms with Crippen LogP contribution in [0, 0.1) is 5.92 Å². The summed E-state index contributed by atoms with van der Waals surface area (Å²) in [7, 11) is 0. The Labute approximate surface area is 223 Å². The van der Waals surface area contributed by atoms with Gasteiger partial charge in [0.25, 0.3) is 0 Å². The second-order valence-corrected chi connectivity index (χ2v) is 9.80. The first-order chi connectivity index (χ1) is 18.0. The molecule has 0 aliphatic heterocycles. The van der Waals surface area contributed by atoms with Gasteiger partial charge in [-0.3, -0.25) is 14.4 Å². The van der Waals surface area contributed by atoms with Gasteiger partial charge in [-0.2, -0.15) is 0 Å². The molecule has 0 spiro atoms. The molecular weight excluding hydrogens is 488 g/mol. The minimum Gasteiger partial charge on any atom is -0.480 e. The maximum atomic E-state index is 13.4. The summed E-state index contributed by atoms with van der Waals surface area (Å²) in [5, 5.41) is 27.2. The van der Waals surface area contributed by atoms with Crippen LogP contribution < -0.4 is 21.7 Å². The van der Waals surface area contributed by atoms with Gasteiger partial charge in [0.05, 0.1) is 6.10 Å². The van der Waals surface area contributed by atoms with E-state index in [1.54, 1.807) is 48.5 Å². The Bertz CT molecular complexity index is 1060. The lowest BCUT2D eigenvalue weighted by Crippen LogP contribution is -2.59. The zero-order valence-electron chi connectivity index (χ0n) is 22.0. The highest BCUT2D eigenvalue weighted by Gasteiger charge is 2.31. The van der Waals surface area contributed by atoms with Crippen LogP contribution in [0.5, 0.6) is 0 Å². The molecule has 10 nitrogen and oxygen atoms in total. The Balaban J connectivity index is 2.21. The van der Waals surface area contributed by atoms with E-state index in [1.165, 1.54) is 6.92 Å². The Morgan fingerprint density at radius 3 is 1.58 bits per heavy atom. The van der Waals surface area contributed by atoms with Gasteiger partial charge in [-0.05, 0) is 30.4 Å². The first-order valence-corrected chi connectivity index (χ1v) is 12.6. The molecule has 0 aliphatic carbocycles. The molecule has 0 fully saturated rings. The van der Waals surface area contributed by atoms with Crippen LogP contribution in [0.25, 0.3) is 0 Å². The molecule has 0 heterocycles. The maximum absolute atomic E-state index is 13.4. The molecule has 38 heavy (non-hydrogen) atoms. The van der Waals surface area contributed by atoms with Gasteiger partial charge in [-0.15, -0.1) is 0 Å². The smallest absolute Gasteiger partial charge is 0.326 e. The molecule has 2 rings (SSSR count). The third kappa shape index (κ3) is 9.95. The number of amides is 3. The summed E-state index contributed by atoms with van der Waals surface area (Å²) in [5.74, 6) is -3.18. The number of aliphatic hydroxyl groups excluding tert-OH is 1. The van der Waals surface area contributed by atoms with Gasteiger partial charge < -0.3 is 31.9 Å². The number of carbonyl (C=O) groups excluding carboxylic acids is 3. The fourth-order valence-electron chi connectivity index (χ4n) is 3.84. The van der Waals surface area contributed by atoms with Crippen LogP contribution in [-0.2, 0) is 32.0 Å². The molecule has 3 amide bonds. The van der Waals surface area contributed by atoms with E-state index in [0.717, 1.165) is 11.1 Å². The minimum absolute atomic E-state index is 0.00530. The van der Waals surface area contributed by atoms with Gasteiger partial charge in [-0.25, -0.2) is 4.79 Å². The molecule has 0 aliphatic rings. The Kier molecular flexibility index (Phi) is 11.9. The predicted octanol–water partition coefficient (Wildman–Crippen LogP) is 0.765. The average molecular weight is 527 g/mol. The summed E-state index contributed by atoms with van der Waals surface area (Å²) in [5.41, 5.74) is 7.25. The molecule has 5 atom stereocenters. The molecule has 0 saturated heterocycles. The second-order valence-electron chi connectivity index (χ2n) is 9.80. The number of rotatable bonds is 14. The van der Waals surface area contributed by atoms with E-state index in [4.69, 9.17) is 5.73 Å². The molecule has 10 heteroatoms. The molecule has 5 unspecified atom stereocenters. The quantitative estimate of drug-likeness (QED) is 0.211. The number of hydrogen-bond donors (Lipinski definition) is 6. The normalized spacial score (nSPS) is 15.0. The Hall–Kier alpha value is -3.76. The summed E-state index contributed by atoms with van der Waals surface area (Å²) in [6.45, 7) is 5.11. The van der Waals surface area contributed by atoms with Crippen LogP contribution in [0.1, 0.15) is 38.3 Å². The number of hydrogen-bond acceptors (Lipinski definition) is 6. The van der Waals surface area contributed by atoms with Crippen LogP contribution in [0.4, 0.5) is 0 Å². The third-order valence-electron chi connectivity index (χ3n) is 5.98. The number of carboxylic acids is 1. The number of carbonyl (C=O) groups is 4. The standard InChI is InChI=1S/C28H38N4O6/c1-17(2)14-21(25(34)32-23(28(37)38)16-20-12-8-5-9-13-20)30-26(35)22(15-19-10-6-4-7-11-19)31-27(36)24(29)18(3)33/h4-13,17-18,21-24,33H,14-16,29H2,1-3H3,(H,30,35)(H,31,36)(H,32,34)(H,37,38). The lowest BCUT2D eigenvalue weighted by molar-refractivity contribution is -0.142. The van der Waals surface area contributed by atoms with Gasteiger partial charge in [0.15, 0.2) is 0 Å². The fourth-order valence-corrected chi connectivity index (χ4v) is 3.84.